The van der Waals surface area contributed by atoms with Gasteiger partial charge in [-0.1, -0.05) is 0 Å². The molecule has 0 saturated heterocycles. The maximum atomic E-state index is 13.0. The smallest absolute Gasteiger partial charge is 0.420 e. The highest BCUT2D eigenvalue weighted by molar-refractivity contribution is 5.43. The number of aromatic nitrogens is 3. The molecule has 0 saturated carbocycles. The fourth-order valence-corrected chi connectivity index (χ4v) is 1.67. The molecule has 1 heterocycles. The van der Waals surface area contributed by atoms with E-state index < -0.39 is 11.7 Å². The molecule has 0 aliphatic carbocycles. The zero-order chi connectivity index (χ0) is 15.6. The standard InChI is InChI=1S/C13H11F3N4O/c1-8-18-19-12(20(8)2)7-21-11-4-3-9(6-17)5-10(11)13(14,15)16/h3-5H,7H2,1-2H3. The molecule has 0 unspecified atom stereocenters. The summed E-state index contributed by atoms with van der Waals surface area (Å²) in [6.07, 6.45) is -4.60. The Hall–Kier alpha value is -2.56. The molecule has 0 fully saturated rings. The zero-order valence-electron chi connectivity index (χ0n) is 11.3. The average molecular weight is 296 g/mol. The minimum atomic E-state index is -4.60. The van der Waals surface area contributed by atoms with E-state index in [1.807, 2.05) is 0 Å². The van der Waals surface area contributed by atoms with E-state index in [0.29, 0.717) is 11.6 Å². The summed E-state index contributed by atoms with van der Waals surface area (Å²) in [6, 6.07) is 4.83. The number of halogens is 3. The van der Waals surface area contributed by atoms with Gasteiger partial charge >= 0.3 is 6.18 Å². The molecule has 1 aromatic heterocycles. The monoisotopic (exact) mass is 296 g/mol. The van der Waals surface area contributed by atoms with E-state index in [1.165, 1.54) is 6.07 Å². The van der Waals surface area contributed by atoms with Crippen LogP contribution in [0.5, 0.6) is 5.75 Å². The largest absolute Gasteiger partial charge is 0.485 e. The van der Waals surface area contributed by atoms with Crippen LogP contribution in [-0.4, -0.2) is 14.8 Å². The Bertz CT molecular complexity index is 700. The van der Waals surface area contributed by atoms with Gasteiger partial charge < -0.3 is 9.30 Å². The molecule has 2 aromatic rings. The number of hydrogen-bond donors (Lipinski definition) is 0. The molecule has 0 radical (unpaired) electrons. The molecule has 0 aliphatic heterocycles. The number of hydrogen-bond acceptors (Lipinski definition) is 4. The van der Waals surface area contributed by atoms with Gasteiger partial charge in [0.25, 0.3) is 0 Å². The third-order valence-corrected chi connectivity index (χ3v) is 2.95. The van der Waals surface area contributed by atoms with Crippen molar-refractivity contribution in [1.82, 2.24) is 14.8 Å². The molecule has 0 N–H and O–H groups in total. The lowest BCUT2D eigenvalue weighted by Gasteiger charge is -2.14. The van der Waals surface area contributed by atoms with Crippen LogP contribution in [-0.2, 0) is 19.8 Å². The molecule has 0 atom stereocenters. The summed E-state index contributed by atoms with van der Waals surface area (Å²) in [5, 5.41) is 16.3. The second-order valence-electron chi connectivity index (χ2n) is 4.33. The molecular weight excluding hydrogens is 285 g/mol. The Morgan fingerprint density at radius 3 is 2.57 bits per heavy atom. The molecule has 0 amide bonds. The third kappa shape index (κ3) is 3.13. The molecule has 5 nitrogen and oxygen atoms in total. The van der Waals surface area contributed by atoms with Crippen LogP contribution in [0.25, 0.3) is 0 Å². The highest BCUT2D eigenvalue weighted by atomic mass is 19.4. The Morgan fingerprint density at radius 2 is 2.05 bits per heavy atom. The predicted molar refractivity (Wildman–Crippen MR) is 66.2 cm³/mol. The van der Waals surface area contributed by atoms with E-state index in [-0.39, 0.29) is 17.9 Å². The second-order valence-corrected chi connectivity index (χ2v) is 4.33. The highest BCUT2D eigenvalue weighted by Gasteiger charge is 2.34. The van der Waals surface area contributed by atoms with Crippen LogP contribution in [0.15, 0.2) is 18.2 Å². The van der Waals surface area contributed by atoms with Gasteiger partial charge in [-0.3, -0.25) is 0 Å². The van der Waals surface area contributed by atoms with Crippen molar-refractivity contribution in [2.75, 3.05) is 0 Å². The lowest BCUT2D eigenvalue weighted by Crippen LogP contribution is -2.11. The van der Waals surface area contributed by atoms with Gasteiger partial charge in [0.1, 0.15) is 18.2 Å². The first-order chi connectivity index (χ1) is 9.82. The molecule has 0 spiro atoms. The third-order valence-electron chi connectivity index (χ3n) is 2.95. The van der Waals surface area contributed by atoms with Crippen molar-refractivity contribution < 1.29 is 17.9 Å². The summed E-state index contributed by atoms with van der Waals surface area (Å²) in [5.74, 6) is 0.691. The predicted octanol–water partition coefficient (Wildman–Crippen LogP) is 2.59. The Balaban J connectivity index is 2.28. The van der Waals surface area contributed by atoms with E-state index in [4.69, 9.17) is 10.00 Å². The number of alkyl halides is 3. The number of benzene rings is 1. The normalized spacial score (nSPS) is 11.2. The van der Waals surface area contributed by atoms with Crippen molar-refractivity contribution in [1.29, 1.82) is 5.26 Å². The van der Waals surface area contributed by atoms with Crippen LogP contribution < -0.4 is 4.74 Å². The van der Waals surface area contributed by atoms with Crippen molar-refractivity contribution in [2.45, 2.75) is 19.7 Å². The molecule has 0 aliphatic rings. The van der Waals surface area contributed by atoms with Gasteiger partial charge in [-0.25, -0.2) is 0 Å². The zero-order valence-corrected chi connectivity index (χ0v) is 11.3. The number of ether oxygens (including phenoxy) is 1. The van der Waals surface area contributed by atoms with Crippen LogP contribution in [0.2, 0.25) is 0 Å². The van der Waals surface area contributed by atoms with Gasteiger partial charge in [0.15, 0.2) is 5.82 Å². The maximum absolute atomic E-state index is 13.0. The van der Waals surface area contributed by atoms with Crippen molar-refractivity contribution in [3.63, 3.8) is 0 Å². The van der Waals surface area contributed by atoms with Crippen molar-refractivity contribution >= 4 is 0 Å². The van der Waals surface area contributed by atoms with Gasteiger partial charge in [0, 0.05) is 7.05 Å². The molecule has 0 bridgehead atoms. The molecule has 1 aromatic carbocycles. The lowest BCUT2D eigenvalue weighted by molar-refractivity contribution is -0.139. The topological polar surface area (TPSA) is 63.7 Å². The van der Waals surface area contributed by atoms with Gasteiger partial charge in [-0.05, 0) is 25.1 Å². The Labute approximate surface area is 118 Å². The van der Waals surface area contributed by atoms with Crippen molar-refractivity contribution in [2.24, 2.45) is 7.05 Å². The van der Waals surface area contributed by atoms with Crippen molar-refractivity contribution in [3.05, 3.63) is 41.0 Å². The fourth-order valence-electron chi connectivity index (χ4n) is 1.67. The average Bonchev–Trinajstić information content (AvgIpc) is 2.75. The first-order valence-electron chi connectivity index (χ1n) is 5.92. The van der Waals surface area contributed by atoms with Crippen LogP contribution in [0.4, 0.5) is 13.2 Å². The summed E-state index contributed by atoms with van der Waals surface area (Å²) in [6.45, 7) is 1.58. The minimum Gasteiger partial charge on any atom is -0.485 e. The molecule has 2 rings (SSSR count). The SMILES string of the molecule is Cc1nnc(COc2ccc(C#N)cc2C(F)(F)F)n1C. The quantitative estimate of drug-likeness (QED) is 0.873. The minimum absolute atomic E-state index is 0.0795. The number of nitriles is 1. The maximum Gasteiger partial charge on any atom is 0.420 e. The number of rotatable bonds is 3. The Kier molecular flexibility index (Phi) is 3.84. The summed E-state index contributed by atoms with van der Waals surface area (Å²) in [4.78, 5) is 0. The van der Waals surface area contributed by atoms with Crippen LogP contribution in [0, 0.1) is 18.3 Å². The highest BCUT2D eigenvalue weighted by Crippen LogP contribution is 2.37. The van der Waals surface area contributed by atoms with E-state index in [9.17, 15) is 13.2 Å². The summed E-state index contributed by atoms with van der Waals surface area (Å²) < 4.78 is 45.7. The van der Waals surface area contributed by atoms with E-state index in [0.717, 1.165) is 12.1 Å². The molecule has 21 heavy (non-hydrogen) atoms. The molecular formula is C13H11F3N4O. The van der Waals surface area contributed by atoms with Crippen LogP contribution >= 0.6 is 0 Å². The number of aryl methyl sites for hydroxylation is 1. The van der Waals surface area contributed by atoms with E-state index in [2.05, 4.69) is 10.2 Å². The fraction of sp³-hybridized carbons (Fsp3) is 0.308. The summed E-state index contributed by atoms with van der Waals surface area (Å²) in [5.41, 5.74) is -1.07. The molecule has 8 heteroatoms. The van der Waals surface area contributed by atoms with Crippen molar-refractivity contribution in [3.8, 4) is 11.8 Å². The van der Waals surface area contributed by atoms with Gasteiger partial charge in [-0.15, -0.1) is 10.2 Å². The lowest BCUT2D eigenvalue weighted by atomic mass is 10.1. The van der Waals surface area contributed by atoms with E-state index in [1.54, 1.807) is 24.6 Å². The van der Waals surface area contributed by atoms with Gasteiger partial charge in [0.2, 0.25) is 0 Å². The first kappa shape index (κ1) is 14.8. The molecule has 110 valence electrons. The van der Waals surface area contributed by atoms with E-state index >= 15 is 0 Å². The summed E-state index contributed by atoms with van der Waals surface area (Å²) >= 11 is 0. The van der Waals surface area contributed by atoms with Gasteiger partial charge in [0.05, 0.1) is 17.2 Å². The first-order valence-corrected chi connectivity index (χ1v) is 5.92. The Morgan fingerprint density at radius 1 is 1.33 bits per heavy atom. The second kappa shape index (κ2) is 5.44. The van der Waals surface area contributed by atoms with Crippen LogP contribution in [0.1, 0.15) is 22.8 Å². The summed E-state index contributed by atoms with van der Waals surface area (Å²) in [7, 11) is 1.69. The number of nitrogens with zero attached hydrogens (tertiary/aromatic N) is 4. The van der Waals surface area contributed by atoms with Crippen LogP contribution in [0.3, 0.4) is 0 Å². The van der Waals surface area contributed by atoms with Gasteiger partial charge in [-0.2, -0.15) is 18.4 Å².